The van der Waals surface area contributed by atoms with Crippen molar-refractivity contribution in [1.82, 2.24) is 0 Å². The summed E-state index contributed by atoms with van der Waals surface area (Å²) in [6.07, 6.45) is 0.804. The largest absolute Gasteiger partial charge is 0.330 e. The minimum atomic E-state index is -0.425. The van der Waals surface area contributed by atoms with E-state index in [1.807, 2.05) is 24.3 Å². The highest BCUT2D eigenvalue weighted by Gasteiger charge is 2.06. The van der Waals surface area contributed by atoms with Crippen LogP contribution in [-0.2, 0) is 6.42 Å². The van der Waals surface area contributed by atoms with Crippen LogP contribution in [0.25, 0.3) is 0 Å². The number of amides is 1. The van der Waals surface area contributed by atoms with Crippen LogP contribution in [-0.4, -0.2) is 12.5 Å². The summed E-state index contributed by atoms with van der Waals surface area (Å²) in [4.78, 5) is 11.9. The minimum absolute atomic E-state index is 0.297. The number of nitrogens with two attached hydrogens (primary N) is 1. The number of nitrogens with one attached hydrogen (secondary N) is 1. The normalized spacial score (nSPS) is 10.2. The molecule has 0 spiro atoms. The lowest BCUT2D eigenvalue weighted by molar-refractivity contribution is 0.102. The molecule has 0 saturated heterocycles. The van der Waals surface area contributed by atoms with Crippen molar-refractivity contribution in [2.24, 2.45) is 5.73 Å². The zero-order valence-corrected chi connectivity index (χ0v) is 10.4. The van der Waals surface area contributed by atoms with Gasteiger partial charge < -0.3 is 11.1 Å². The molecular weight excluding hydrogens is 243 g/mol. The SMILES string of the molecule is NCCc1ccc(NC(=O)c2cccc(F)c2)cc1. The van der Waals surface area contributed by atoms with Crippen LogP contribution in [0.1, 0.15) is 15.9 Å². The van der Waals surface area contributed by atoms with Crippen LogP contribution in [0.5, 0.6) is 0 Å². The molecule has 0 atom stereocenters. The minimum Gasteiger partial charge on any atom is -0.330 e. The molecule has 98 valence electrons. The molecule has 2 aromatic carbocycles. The smallest absolute Gasteiger partial charge is 0.255 e. The van der Waals surface area contributed by atoms with Gasteiger partial charge in [-0.2, -0.15) is 0 Å². The zero-order chi connectivity index (χ0) is 13.7. The van der Waals surface area contributed by atoms with Crippen LogP contribution in [0.2, 0.25) is 0 Å². The van der Waals surface area contributed by atoms with Gasteiger partial charge in [0.05, 0.1) is 0 Å². The molecule has 0 radical (unpaired) electrons. The third-order valence-corrected chi connectivity index (χ3v) is 2.73. The predicted octanol–water partition coefficient (Wildman–Crippen LogP) is 2.58. The summed E-state index contributed by atoms with van der Waals surface area (Å²) in [5.74, 6) is -0.753. The van der Waals surface area contributed by atoms with Crippen molar-refractivity contribution >= 4 is 11.6 Å². The van der Waals surface area contributed by atoms with Crippen LogP contribution in [0.3, 0.4) is 0 Å². The number of halogens is 1. The van der Waals surface area contributed by atoms with E-state index in [4.69, 9.17) is 5.73 Å². The molecule has 0 aromatic heterocycles. The highest BCUT2D eigenvalue weighted by molar-refractivity contribution is 6.04. The van der Waals surface area contributed by atoms with Gasteiger partial charge >= 0.3 is 0 Å². The molecular formula is C15H15FN2O. The first-order chi connectivity index (χ1) is 9.19. The predicted molar refractivity (Wildman–Crippen MR) is 73.6 cm³/mol. The van der Waals surface area contributed by atoms with Gasteiger partial charge in [-0.05, 0) is 48.9 Å². The Morgan fingerprint density at radius 3 is 2.53 bits per heavy atom. The molecule has 0 saturated carbocycles. The van der Waals surface area contributed by atoms with Gasteiger partial charge in [-0.25, -0.2) is 4.39 Å². The van der Waals surface area contributed by atoms with Crippen LogP contribution in [0, 0.1) is 5.82 Å². The summed E-state index contributed by atoms with van der Waals surface area (Å²) in [7, 11) is 0. The Labute approximate surface area is 111 Å². The second kappa shape index (κ2) is 6.11. The maximum absolute atomic E-state index is 13.0. The Morgan fingerprint density at radius 1 is 1.16 bits per heavy atom. The van der Waals surface area contributed by atoms with Crippen molar-refractivity contribution in [3.05, 3.63) is 65.5 Å². The van der Waals surface area contributed by atoms with Crippen molar-refractivity contribution in [2.75, 3.05) is 11.9 Å². The molecule has 2 aromatic rings. The lowest BCUT2D eigenvalue weighted by atomic mass is 10.1. The van der Waals surface area contributed by atoms with Crippen molar-refractivity contribution in [3.63, 3.8) is 0 Å². The van der Waals surface area contributed by atoms with Gasteiger partial charge in [-0.15, -0.1) is 0 Å². The fraction of sp³-hybridized carbons (Fsp3) is 0.133. The third kappa shape index (κ3) is 3.63. The standard InChI is InChI=1S/C15H15FN2O/c16-13-3-1-2-12(10-13)15(19)18-14-6-4-11(5-7-14)8-9-17/h1-7,10H,8-9,17H2,(H,18,19). The van der Waals surface area contributed by atoms with E-state index < -0.39 is 5.82 Å². The van der Waals surface area contributed by atoms with E-state index in [0.717, 1.165) is 12.0 Å². The van der Waals surface area contributed by atoms with E-state index in [2.05, 4.69) is 5.32 Å². The van der Waals surface area contributed by atoms with Gasteiger partial charge in [0.2, 0.25) is 0 Å². The van der Waals surface area contributed by atoms with Gasteiger partial charge in [-0.3, -0.25) is 4.79 Å². The van der Waals surface area contributed by atoms with Crippen LogP contribution < -0.4 is 11.1 Å². The number of hydrogen-bond acceptors (Lipinski definition) is 2. The Kier molecular flexibility index (Phi) is 4.26. The fourth-order valence-electron chi connectivity index (χ4n) is 1.75. The number of anilines is 1. The maximum Gasteiger partial charge on any atom is 0.255 e. The van der Waals surface area contributed by atoms with E-state index in [-0.39, 0.29) is 5.91 Å². The van der Waals surface area contributed by atoms with E-state index in [1.54, 1.807) is 6.07 Å². The van der Waals surface area contributed by atoms with Gasteiger partial charge in [0.15, 0.2) is 0 Å². The molecule has 0 fully saturated rings. The van der Waals surface area contributed by atoms with Crippen LogP contribution in [0.15, 0.2) is 48.5 Å². The van der Waals surface area contributed by atoms with E-state index in [1.165, 1.54) is 18.2 Å². The molecule has 4 heteroatoms. The maximum atomic E-state index is 13.0. The van der Waals surface area contributed by atoms with Gasteiger partial charge in [0.1, 0.15) is 5.82 Å². The van der Waals surface area contributed by atoms with E-state index in [9.17, 15) is 9.18 Å². The van der Waals surface area contributed by atoms with Crippen molar-refractivity contribution in [3.8, 4) is 0 Å². The molecule has 3 nitrogen and oxygen atoms in total. The van der Waals surface area contributed by atoms with Crippen molar-refractivity contribution in [2.45, 2.75) is 6.42 Å². The molecule has 3 N–H and O–H groups in total. The number of carbonyl (C=O) groups is 1. The van der Waals surface area contributed by atoms with Crippen molar-refractivity contribution in [1.29, 1.82) is 0 Å². The molecule has 0 unspecified atom stereocenters. The monoisotopic (exact) mass is 258 g/mol. The Bertz CT molecular complexity index is 567. The fourth-order valence-corrected chi connectivity index (χ4v) is 1.75. The molecule has 1 amide bonds. The van der Waals surface area contributed by atoms with Crippen molar-refractivity contribution < 1.29 is 9.18 Å². The first-order valence-electron chi connectivity index (χ1n) is 6.05. The van der Waals surface area contributed by atoms with Gasteiger partial charge in [0, 0.05) is 11.3 Å². The molecule has 0 bridgehead atoms. The highest BCUT2D eigenvalue weighted by atomic mass is 19.1. The summed E-state index contributed by atoms with van der Waals surface area (Å²) < 4.78 is 13.0. The molecule has 19 heavy (non-hydrogen) atoms. The molecule has 0 aliphatic rings. The average molecular weight is 258 g/mol. The molecule has 0 aliphatic carbocycles. The summed E-state index contributed by atoms with van der Waals surface area (Å²) >= 11 is 0. The number of benzene rings is 2. The Morgan fingerprint density at radius 2 is 1.89 bits per heavy atom. The summed E-state index contributed by atoms with van der Waals surface area (Å²) in [6, 6.07) is 13.0. The first kappa shape index (κ1) is 13.2. The average Bonchev–Trinajstić information content (AvgIpc) is 2.41. The van der Waals surface area contributed by atoms with Gasteiger partial charge in [-0.1, -0.05) is 18.2 Å². The lowest BCUT2D eigenvalue weighted by Gasteiger charge is -2.06. The van der Waals surface area contributed by atoms with Crippen LogP contribution in [0.4, 0.5) is 10.1 Å². The molecule has 2 rings (SSSR count). The zero-order valence-electron chi connectivity index (χ0n) is 10.4. The number of hydrogen-bond donors (Lipinski definition) is 2. The molecule has 0 heterocycles. The Balaban J connectivity index is 2.06. The van der Waals surface area contributed by atoms with E-state index in [0.29, 0.717) is 17.8 Å². The lowest BCUT2D eigenvalue weighted by Crippen LogP contribution is -2.12. The topological polar surface area (TPSA) is 55.1 Å². The first-order valence-corrected chi connectivity index (χ1v) is 6.05. The third-order valence-electron chi connectivity index (χ3n) is 2.73. The van der Waals surface area contributed by atoms with E-state index >= 15 is 0 Å². The van der Waals surface area contributed by atoms with Crippen LogP contribution >= 0.6 is 0 Å². The molecule has 0 aliphatic heterocycles. The second-order valence-corrected chi connectivity index (χ2v) is 4.20. The number of rotatable bonds is 4. The highest BCUT2D eigenvalue weighted by Crippen LogP contribution is 2.12. The van der Waals surface area contributed by atoms with Gasteiger partial charge in [0.25, 0.3) is 5.91 Å². The summed E-state index contributed by atoms with van der Waals surface area (Å²) in [5.41, 5.74) is 7.55. The number of carbonyl (C=O) groups excluding carboxylic acids is 1. The quantitative estimate of drug-likeness (QED) is 0.885. The second-order valence-electron chi connectivity index (χ2n) is 4.20. The summed E-state index contributed by atoms with van der Waals surface area (Å²) in [6.45, 7) is 0.592. The summed E-state index contributed by atoms with van der Waals surface area (Å²) in [5, 5.41) is 2.72. The Hall–Kier alpha value is -2.20.